The average Bonchev–Trinajstić information content (AvgIpc) is 2.59. The number of halogens is 1. The van der Waals surface area contributed by atoms with Crippen molar-refractivity contribution in [2.45, 2.75) is 36.4 Å². The summed E-state index contributed by atoms with van der Waals surface area (Å²) < 4.78 is 1.89. The second-order valence-electron chi connectivity index (χ2n) is 4.11. The summed E-state index contributed by atoms with van der Waals surface area (Å²) in [7, 11) is 1.97. The fourth-order valence-electron chi connectivity index (χ4n) is 2.21. The molecule has 1 saturated carbocycles. The Hall–Kier alpha value is -0.380. The number of alkyl halides is 1. The fraction of sp³-hybridized carbons (Fsp3) is 0.778. The third-order valence-electron chi connectivity index (χ3n) is 2.93. The summed E-state index contributed by atoms with van der Waals surface area (Å²) >= 11 is 3.67. The smallest absolute Gasteiger partial charge is 0.138 e. The number of rotatable bonds is 1. The van der Waals surface area contributed by atoms with Gasteiger partial charge in [0.25, 0.3) is 0 Å². The summed E-state index contributed by atoms with van der Waals surface area (Å²) in [6.45, 7) is 2.28. The van der Waals surface area contributed by atoms with Crippen molar-refractivity contribution in [1.82, 2.24) is 14.8 Å². The van der Waals surface area contributed by atoms with Crippen LogP contribution < -0.4 is 0 Å². The van der Waals surface area contributed by atoms with E-state index in [1.54, 1.807) is 6.33 Å². The van der Waals surface area contributed by atoms with Gasteiger partial charge in [-0.2, -0.15) is 5.10 Å². The van der Waals surface area contributed by atoms with Crippen molar-refractivity contribution < 1.29 is 0 Å². The zero-order valence-electron chi connectivity index (χ0n) is 8.00. The lowest BCUT2D eigenvalue weighted by Crippen LogP contribution is -2.23. The molecule has 1 aliphatic rings. The van der Waals surface area contributed by atoms with E-state index in [9.17, 15) is 0 Å². The van der Waals surface area contributed by atoms with E-state index in [1.165, 1.54) is 19.3 Å². The molecule has 0 N–H and O–H groups in total. The lowest BCUT2D eigenvalue weighted by Gasteiger charge is -2.21. The van der Waals surface area contributed by atoms with Crippen LogP contribution in [0.25, 0.3) is 0 Å². The SMILES string of the molecule is Cn1ncnc1C1(C)CCC(Br)C1. The van der Waals surface area contributed by atoms with Gasteiger partial charge in [-0.05, 0) is 19.3 Å². The normalized spacial score (nSPS) is 33.9. The number of hydrogen-bond acceptors (Lipinski definition) is 2. The third-order valence-corrected chi connectivity index (χ3v) is 3.71. The predicted molar refractivity (Wildman–Crippen MR) is 54.9 cm³/mol. The molecule has 0 saturated heterocycles. The van der Waals surface area contributed by atoms with Crippen LogP contribution in [0.1, 0.15) is 32.0 Å². The van der Waals surface area contributed by atoms with E-state index in [1.807, 2.05) is 11.7 Å². The van der Waals surface area contributed by atoms with Crippen molar-refractivity contribution >= 4 is 15.9 Å². The van der Waals surface area contributed by atoms with Gasteiger partial charge in [-0.25, -0.2) is 4.98 Å². The summed E-state index contributed by atoms with van der Waals surface area (Å²) in [6.07, 6.45) is 5.25. The minimum Gasteiger partial charge on any atom is -0.253 e. The van der Waals surface area contributed by atoms with Gasteiger partial charge < -0.3 is 0 Å². The molecule has 0 aliphatic heterocycles. The maximum Gasteiger partial charge on any atom is 0.138 e. The molecule has 0 spiro atoms. The van der Waals surface area contributed by atoms with Gasteiger partial charge in [-0.1, -0.05) is 22.9 Å². The van der Waals surface area contributed by atoms with Crippen LogP contribution in [0.5, 0.6) is 0 Å². The monoisotopic (exact) mass is 243 g/mol. The van der Waals surface area contributed by atoms with Gasteiger partial charge in [0.1, 0.15) is 12.2 Å². The van der Waals surface area contributed by atoms with Gasteiger partial charge in [0.05, 0.1) is 0 Å². The Morgan fingerprint density at radius 2 is 2.46 bits per heavy atom. The Morgan fingerprint density at radius 1 is 1.69 bits per heavy atom. The Morgan fingerprint density at radius 3 is 2.92 bits per heavy atom. The van der Waals surface area contributed by atoms with Crippen LogP contribution in [0, 0.1) is 0 Å². The third kappa shape index (κ3) is 1.52. The topological polar surface area (TPSA) is 30.7 Å². The highest BCUT2D eigenvalue weighted by Gasteiger charge is 2.38. The standard InChI is InChI=1S/C9H14BrN3/c1-9(4-3-7(10)5-9)8-11-6-12-13(8)2/h6-7H,3-5H2,1-2H3. The molecular formula is C9H14BrN3. The summed E-state index contributed by atoms with van der Waals surface area (Å²) in [5.74, 6) is 1.12. The fourth-order valence-corrected chi connectivity index (χ4v) is 3.16. The van der Waals surface area contributed by atoms with E-state index < -0.39 is 0 Å². The van der Waals surface area contributed by atoms with Crippen LogP contribution in [0.4, 0.5) is 0 Å². The predicted octanol–water partition coefficient (Wildman–Crippen LogP) is 2.02. The molecule has 1 aliphatic carbocycles. The Balaban J connectivity index is 2.30. The molecule has 13 heavy (non-hydrogen) atoms. The molecular weight excluding hydrogens is 230 g/mol. The molecule has 72 valence electrons. The molecule has 0 amide bonds. The van der Waals surface area contributed by atoms with Crippen molar-refractivity contribution in [1.29, 1.82) is 0 Å². The van der Waals surface area contributed by atoms with E-state index in [2.05, 4.69) is 32.9 Å². The second-order valence-corrected chi connectivity index (χ2v) is 5.40. The first-order valence-electron chi connectivity index (χ1n) is 4.60. The summed E-state index contributed by atoms with van der Waals surface area (Å²) in [5.41, 5.74) is 0.222. The molecule has 1 aromatic heterocycles. The molecule has 1 heterocycles. The Labute approximate surface area is 86.7 Å². The molecule has 2 atom stereocenters. The highest BCUT2D eigenvalue weighted by Crippen LogP contribution is 2.42. The summed E-state index contributed by atoms with van der Waals surface area (Å²) in [4.78, 5) is 4.98. The molecule has 1 fully saturated rings. The molecule has 3 nitrogen and oxygen atoms in total. The highest BCUT2D eigenvalue weighted by atomic mass is 79.9. The van der Waals surface area contributed by atoms with Crippen LogP contribution in [-0.2, 0) is 12.5 Å². The minimum absolute atomic E-state index is 0.222. The van der Waals surface area contributed by atoms with Crippen LogP contribution >= 0.6 is 15.9 Å². The first kappa shape index (κ1) is 9.19. The average molecular weight is 244 g/mol. The van der Waals surface area contributed by atoms with Gasteiger partial charge >= 0.3 is 0 Å². The maximum absolute atomic E-state index is 4.34. The number of aromatic nitrogens is 3. The van der Waals surface area contributed by atoms with Crippen LogP contribution in [0.2, 0.25) is 0 Å². The molecule has 1 aromatic rings. The molecule has 2 rings (SSSR count). The zero-order valence-corrected chi connectivity index (χ0v) is 9.58. The van der Waals surface area contributed by atoms with E-state index in [0.29, 0.717) is 4.83 Å². The van der Waals surface area contributed by atoms with Crippen molar-refractivity contribution in [3.8, 4) is 0 Å². The largest absolute Gasteiger partial charge is 0.253 e. The molecule has 0 radical (unpaired) electrons. The van der Waals surface area contributed by atoms with E-state index in [-0.39, 0.29) is 5.41 Å². The number of aryl methyl sites for hydroxylation is 1. The van der Waals surface area contributed by atoms with Crippen LogP contribution in [0.15, 0.2) is 6.33 Å². The highest BCUT2D eigenvalue weighted by molar-refractivity contribution is 9.09. The quantitative estimate of drug-likeness (QED) is 0.707. The number of hydrogen-bond donors (Lipinski definition) is 0. The molecule has 2 unspecified atom stereocenters. The summed E-state index contributed by atoms with van der Waals surface area (Å²) in [6, 6.07) is 0. The van der Waals surface area contributed by atoms with Crippen LogP contribution in [-0.4, -0.2) is 19.6 Å². The number of nitrogens with zero attached hydrogens (tertiary/aromatic N) is 3. The Bertz CT molecular complexity index is 310. The Kier molecular flexibility index (Phi) is 2.18. The molecule has 0 bridgehead atoms. The summed E-state index contributed by atoms with van der Waals surface area (Å²) in [5, 5.41) is 4.12. The van der Waals surface area contributed by atoms with Crippen molar-refractivity contribution in [3.05, 3.63) is 12.2 Å². The lowest BCUT2D eigenvalue weighted by atomic mass is 9.88. The molecule has 0 aromatic carbocycles. The van der Waals surface area contributed by atoms with Crippen molar-refractivity contribution in [2.75, 3.05) is 0 Å². The van der Waals surface area contributed by atoms with Gasteiger partial charge in [0.15, 0.2) is 0 Å². The van der Waals surface area contributed by atoms with Gasteiger partial charge in [-0.15, -0.1) is 0 Å². The minimum atomic E-state index is 0.222. The van der Waals surface area contributed by atoms with E-state index >= 15 is 0 Å². The van der Waals surface area contributed by atoms with Gasteiger partial charge in [0.2, 0.25) is 0 Å². The zero-order chi connectivity index (χ0) is 9.47. The van der Waals surface area contributed by atoms with Crippen molar-refractivity contribution in [3.63, 3.8) is 0 Å². The second kappa shape index (κ2) is 3.08. The molecule has 4 heteroatoms. The van der Waals surface area contributed by atoms with E-state index in [0.717, 1.165) is 5.82 Å². The van der Waals surface area contributed by atoms with Gasteiger partial charge in [-0.3, -0.25) is 4.68 Å². The lowest BCUT2D eigenvalue weighted by molar-refractivity contribution is 0.436. The first-order valence-corrected chi connectivity index (χ1v) is 5.52. The van der Waals surface area contributed by atoms with Crippen LogP contribution in [0.3, 0.4) is 0 Å². The van der Waals surface area contributed by atoms with E-state index in [4.69, 9.17) is 0 Å². The van der Waals surface area contributed by atoms with Crippen molar-refractivity contribution in [2.24, 2.45) is 7.05 Å². The first-order chi connectivity index (χ1) is 6.12. The van der Waals surface area contributed by atoms with Gasteiger partial charge in [0, 0.05) is 17.3 Å². The maximum atomic E-state index is 4.34.